The molecule has 8 heteroatoms. The maximum Gasteiger partial charge on any atom is 0.410 e. The zero-order chi connectivity index (χ0) is 19.1. The first kappa shape index (κ1) is 23.0. The van der Waals surface area contributed by atoms with Crippen LogP contribution in [0, 0.1) is 0 Å². The molecule has 25 heavy (non-hydrogen) atoms. The van der Waals surface area contributed by atoms with Crippen molar-refractivity contribution < 1.29 is 29.0 Å². The number of aliphatic carboxylic acids is 1. The Hall–Kier alpha value is -1.99. The Kier molecular flexibility index (Phi) is 13.2. The molecule has 0 radical (unpaired) electrons. The molecule has 146 valence electrons. The number of hydrogen-bond acceptors (Lipinski definition) is 5. The second-order valence-electron chi connectivity index (χ2n) is 5.72. The van der Waals surface area contributed by atoms with E-state index < -0.39 is 24.2 Å². The van der Waals surface area contributed by atoms with Gasteiger partial charge in [0.15, 0.2) is 0 Å². The zero-order valence-electron chi connectivity index (χ0n) is 15.6. The van der Waals surface area contributed by atoms with Gasteiger partial charge in [-0.05, 0) is 38.5 Å². The van der Waals surface area contributed by atoms with E-state index in [0.717, 1.165) is 6.42 Å². The number of rotatable bonds is 13. The minimum Gasteiger partial charge on any atom is -0.480 e. The maximum atomic E-state index is 12.1. The summed E-state index contributed by atoms with van der Waals surface area (Å²) in [4.78, 5) is 36.2. The fourth-order valence-electron chi connectivity index (χ4n) is 2.20. The number of carbonyl (C=O) groups is 3. The Morgan fingerprint density at radius 2 is 1.64 bits per heavy atom. The molecule has 0 heterocycles. The summed E-state index contributed by atoms with van der Waals surface area (Å²) in [6.07, 6.45) is 2.52. The van der Waals surface area contributed by atoms with Crippen molar-refractivity contribution in [2.75, 3.05) is 26.3 Å². The summed E-state index contributed by atoms with van der Waals surface area (Å²) in [6.45, 7) is 7.06. The molecule has 2 amide bonds. The van der Waals surface area contributed by atoms with E-state index in [2.05, 4.69) is 5.32 Å². The van der Waals surface area contributed by atoms with E-state index in [4.69, 9.17) is 9.47 Å². The monoisotopic (exact) mass is 360 g/mol. The molecule has 0 saturated heterocycles. The lowest BCUT2D eigenvalue weighted by Crippen LogP contribution is -2.46. The van der Waals surface area contributed by atoms with Crippen LogP contribution < -0.4 is 5.32 Å². The van der Waals surface area contributed by atoms with Gasteiger partial charge >= 0.3 is 18.2 Å². The molecule has 0 aromatic heterocycles. The Bertz CT molecular complexity index is 403. The van der Waals surface area contributed by atoms with Crippen LogP contribution in [0.2, 0.25) is 0 Å². The highest BCUT2D eigenvalue weighted by Crippen LogP contribution is 2.12. The summed E-state index contributed by atoms with van der Waals surface area (Å²) in [5.74, 6) is -1.04. The zero-order valence-corrected chi connectivity index (χ0v) is 15.6. The number of carboxylic acids is 1. The number of carboxylic acid groups (broad SMARTS) is 1. The summed E-state index contributed by atoms with van der Waals surface area (Å²) < 4.78 is 9.97. The topological polar surface area (TPSA) is 105 Å². The van der Waals surface area contributed by atoms with E-state index >= 15 is 0 Å². The van der Waals surface area contributed by atoms with Gasteiger partial charge in [0.2, 0.25) is 0 Å². The summed E-state index contributed by atoms with van der Waals surface area (Å²) in [7, 11) is 0. The second-order valence-corrected chi connectivity index (χ2v) is 5.72. The summed E-state index contributed by atoms with van der Waals surface area (Å²) in [5.41, 5.74) is 0. The molecule has 0 aromatic rings. The maximum absolute atomic E-state index is 12.1. The molecule has 0 aliphatic heterocycles. The molecule has 0 aliphatic carbocycles. The third kappa shape index (κ3) is 10.5. The van der Waals surface area contributed by atoms with Crippen LogP contribution >= 0.6 is 0 Å². The number of alkyl carbamates (subject to hydrolysis) is 1. The van der Waals surface area contributed by atoms with Gasteiger partial charge in [-0.15, -0.1) is 0 Å². The largest absolute Gasteiger partial charge is 0.480 e. The molecule has 0 fully saturated rings. The van der Waals surface area contributed by atoms with Gasteiger partial charge in [-0.2, -0.15) is 0 Å². The Morgan fingerprint density at radius 1 is 1.00 bits per heavy atom. The van der Waals surface area contributed by atoms with Gasteiger partial charge in [-0.1, -0.05) is 20.8 Å². The molecule has 0 unspecified atom stereocenters. The molecule has 8 nitrogen and oxygen atoms in total. The molecular weight excluding hydrogens is 328 g/mol. The molecule has 0 bridgehead atoms. The van der Waals surface area contributed by atoms with E-state index in [9.17, 15) is 19.5 Å². The minimum atomic E-state index is -1.04. The normalized spacial score (nSPS) is 11.5. The standard InChI is InChI=1S/C17H32N2O6/c1-4-11-19(17(23)25-13-6-3)14(15(20)21)9-7-8-10-18-16(22)24-12-5-2/h14H,4-13H2,1-3H3,(H,18,22)(H,20,21)/t14-/m0/s1. The Balaban J connectivity index is 4.39. The molecule has 2 N–H and O–H groups in total. The van der Waals surface area contributed by atoms with Gasteiger partial charge in [0, 0.05) is 13.1 Å². The third-order valence-electron chi connectivity index (χ3n) is 3.40. The number of ether oxygens (including phenoxy) is 2. The van der Waals surface area contributed by atoms with Crippen molar-refractivity contribution in [3.8, 4) is 0 Å². The number of nitrogens with zero attached hydrogens (tertiary/aromatic N) is 1. The van der Waals surface area contributed by atoms with Crippen LogP contribution in [-0.4, -0.2) is 60.5 Å². The van der Waals surface area contributed by atoms with Gasteiger partial charge in [0.05, 0.1) is 13.2 Å². The lowest BCUT2D eigenvalue weighted by molar-refractivity contribution is -0.143. The van der Waals surface area contributed by atoms with Gasteiger partial charge < -0.3 is 19.9 Å². The molecule has 0 saturated carbocycles. The number of hydrogen-bond donors (Lipinski definition) is 2. The molecule has 1 atom stereocenters. The summed E-state index contributed by atoms with van der Waals surface area (Å²) >= 11 is 0. The third-order valence-corrected chi connectivity index (χ3v) is 3.40. The fraction of sp³-hybridized carbons (Fsp3) is 0.824. The van der Waals surface area contributed by atoms with E-state index in [0.29, 0.717) is 51.8 Å². The lowest BCUT2D eigenvalue weighted by atomic mass is 10.1. The van der Waals surface area contributed by atoms with Crippen molar-refractivity contribution in [2.45, 2.75) is 65.3 Å². The van der Waals surface area contributed by atoms with Crippen molar-refractivity contribution in [1.29, 1.82) is 0 Å². The van der Waals surface area contributed by atoms with E-state index in [1.54, 1.807) is 0 Å². The molecule has 0 aliphatic rings. The highest BCUT2D eigenvalue weighted by atomic mass is 16.6. The predicted octanol–water partition coefficient (Wildman–Crippen LogP) is 3.00. The fourth-order valence-corrected chi connectivity index (χ4v) is 2.20. The number of carbonyl (C=O) groups excluding carboxylic acids is 2. The summed E-state index contributed by atoms with van der Waals surface area (Å²) in [5, 5.41) is 12.1. The minimum absolute atomic E-state index is 0.273. The Labute approximate surface area is 149 Å². The molecular formula is C17H32N2O6. The van der Waals surface area contributed by atoms with Crippen molar-refractivity contribution in [1.82, 2.24) is 10.2 Å². The lowest BCUT2D eigenvalue weighted by Gasteiger charge is -2.28. The number of amides is 2. The predicted molar refractivity (Wildman–Crippen MR) is 93.6 cm³/mol. The average Bonchev–Trinajstić information content (AvgIpc) is 2.59. The van der Waals surface area contributed by atoms with E-state index in [-0.39, 0.29) is 6.61 Å². The van der Waals surface area contributed by atoms with Crippen LogP contribution in [0.4, 0.5) is 9.59 Å². The van der Waals surface area contributed by atoms with E-state index in [1.165, 1.54) is 4.90 Å². The number of unbranched alkanes of at least 4 members (excludes halogenated alkanes) is 1. The van der Waals surface area contributed by atoms with Gasteiger partial charge in [0.1, 0.15) is 6.04 Å². The average molecular weight is 360 g/mol. The SMILES string of the molecule is CCCOC(=O)NCCCC[C@@H](C(=O)O)N(CCC)C(=O)OCCC. The van der Waals surface area contributed by atoms with Crippen LogP contribution in [0.3, 0.4) is 0 Å². The quantitative estimate of drug-likeness (QED) is 0.489. The van der Waals surface area contributed by atoms with Crippen molar-refractivity contribution in [3.63, 3.8) is 0 Å². The smallest absolute Gasteiger partial charge is 0.410 e. The van der Waals surface area contributed by atoms with Crippen LogP contribution in [0.1, 0.15) is 59.3 Å². The van der Waals surface area contributed by atoms with Crippen LogP contribution in [-0.2, 0) is 14.3 Å². The molecule has 0 rings (SSSR count). The Morgan fingerprint density at radius 3 is 2.20 bits per heavy atom. The van der Waals surface area contributed by atoms with Crippen molar-refractivity contribution >= 4 is 18.2 Å². The van der Waals surface area contributed by atoms with Gasteiger partial charge in [-0.3, -0.25) is 4.90 Å². The first-order valence-corrected chi connectivity index (χ1v) is 9.04. The molecule has 0 spiro atoms. The van der Waals surface area contributed by atoms with Crippen molar-refractivity contribution in [3.05, 3.63) is 0 Å². The first-order chi connectivity index (χ1) is 12.0. The van der Waals surface area contributed by atoms with E-state index in [1.807, 2.05) is 20.8 Å². The molecule has 0 aromatic carbocycles. The van der Waals surface area contributed by atoms with Crippen LogP contribution in [0.25, 0.3) is 0 Å². The van der Waals surface area contributed by atoms with Gasteiger partial charge in [-0.25, -0.2) is 14.4 Å². The summed E-state index contributed by atoms with van der Waals surface area (Å²) in [6, 6.07) is -0.920. The highest BCUT2D eigenvalue weighted by molar-refractivity contribution is 5.80. The van der Waals surface area contributed by atoms with Crippen molar-refractivity contribution in [2.24, 2.45) is 0 Å². The van der Waals surface area contributed by atoms with Gasteiger partial charge in [0.25, 0.3) is 0 Å². The van der Waals surface area contributed by atoms with Crippen LogP contribution in [0.5, 0.6) is 0 Å². The number of nitrogens with one attached hydrogen (secondary N) is 1. The second kappa shape index (κ2) is 14.4. The highest BCUT2D eigenvalue weighted by Gasteiger charge is 2.29. The first-order valence-electron chi connectivity index (χ1n) is 9.04. The van der Waals surface area contributed by atoms with Crippen LogP contribution in [0.15, 0.2) is 0 Å².